The van der Waals surface area contributed by atoms with Crippen LogP contribution in [0.25, 0.3) is 55.6 Å². The maximum atomic E-state index is 6.64. The summed E-state index contributed by atoms with van der Waals surface area (Å²) in [6, 6.07) is 62.1. The fourth-order valence-electron chi connectivity index (χ4n) is 8.19. The third-order valence-corrected chi connectivity index (χ3v) is 11.3. The number of benzene rings is 7. The van der Waals surface area contributed by atoms with Gasteiger partial charge in [0.15, 0.2) is 0 Å². The molecule has 0 radical (unpaired) electrons. The largest absolute Gasteiger partial charge is 4.00 e. The van der Waals surface area contributed by atoms with Crippen molar-refractivity contribution in [1.29, 1.82) is 0 Å². The van der Waals surface area contributed by atoms with E-state index in [1.54, 1.807) is 0 Å². The number of para-hydroxylation sites is 4. The molecule has 0 fully saturated rings. The summed E-state index contributed by atoms with van der Waals surface area (Å²) < 4.78 is 11.1. The predicted octanol–water partition coefficient (Wildman–Crippen LogP) is 12.9. The molecule has 6 nitrogen and oxygen atoms in total. The average Bonchev–Trinajstić information content (AvgIpc) is 3.97. The van der Waals surface area contributed by atoms with Gasteiger partial charge in [-0.15, -0.1) is 48.1 Å². The Bertz CT molecular complexity index is 3080. The first-order chi connectivity index (χ1) is 29.0. The Morgan fingerprint density at radius 2 is 1.33 bits per heavy atom. The Balaban J connectivity index is 0.00000476. The zero-order chi connectivity index (χ0) is 41.2. The maximum Gasteiger partial charge on any atom is 4.00 e. The molecule has 0 aliphatic carbocycles. The summed E-state index contributed by atoms with van der Waals surface area (Å²) in [6.45, 7) is 15.8. The molecule has 0 saturated heterocycles. The van der Waals surface area contributed by atoms with E-state index in [4.69, 9.17) is 9.72 Å². The van der Waals surface area contributed by atoms with Crippen LogP contribution in [0.5, 0.6) is 11.5 Å². The second-order valence-electron chi connectivity index (χ2n) is 17.6. The Hall–Kier alpha value is -6.36. The summed E-state index contributed by atoms with van der Waals surface area (Å²) in [4.78, 5) is 9.71. The van der Waals surface area contributed by atoms with Crippen molar-refractivity contribution in [3.8, 4) is 34.3 Å². The number of imidazole rings is 1. The first kappa shape index (κ1) is 40.1. The van der Waals surface area contributed by atoms with Crippen molar-refractivity contribution in [2.24, 2.45) is 5.41 Å². The van der Waals surface area contributed by atoms with Gasteiger partial charge >= 0.3 is 21.1 Å². The minimum atomic E-state index is -0.145. The third-order valence-electron chi connectivity index (χ3n) is 11.3. The standard InChI is InChI=1S/C54H46N5O.Pt/c1-53(2,3)39-30-38(37-18-9-7-10-19-37)31-42(32-39)57-36-56(35-51(57)54(4,5)6)41-22-17-23-43(33-41)60-44-28-29-46-45-24-13-15-26-48(45)59(50(46)34-44)52-55-47-25-14-16-27-49(47)58(52)40-20-11-8-12-21-40;/h7-32,35-36H,1-6H3;/q-3;+4. The number of aromatic nitrogens is 3. The molecule has 0 spiro atoms. The van der Waals surface area contributed by atoms with Crippen LogP contribution in [0.1, 0.15) is 47.1 Å². The molecule has 0 atom stereocenters. The summed E-state index contributed by atoms with van der Waals surface area (Å²) >= 11 is 0. The molecule has 7 heteroatoms. The number of rotatable bonds is 7. The smallest absolute Gasteiger partial charge is 0.509 e. The van der Waals surface area contributed by atoms with Gasteiger partial charge in [-0.1, -0.05) is 132 Å². The van der Waals surface area contributed by atoms with Crippen LogP contribution in [0, 0.1) is 24.2 Å². The Labute approximate surface area is 372 Å². The van der Waals surface area contributed by atoms with Gasteiger partial charge in [0.1, 0.15) is 0 Å². The van der Waals surface area contributed by atoms with Crippen LogP contribution in [0.15, 0.2) is 170 Å². The summed E-state index contributed by atoms with van der Waals surface area (Å²) in [5.41, 5.74) is 11.6. The number of nitrogens with zero attached hydrogens (tertiary/aromatic N) is 5. The van der Waals surface area contributed by atoms with Crippen LogP contribution in [-0.4, -0.2) is 4.57 Å². The number of fused-ring (bicyclic) bond motifs is 4. The molecule has 1 aliphatic rings. The summed E-state index contributed by atoms with van der Waals surface area (Å²) in [6.07, 6.45) is 2.22. The van der Waals surface area contributed by atoms with Gasteiger partial charge in [0, 0.05) is 39.5 Å². The zero-order valence-corrected chi connectivity index (χ0v) is 37.4. The van der Waals surface area contributed by atoms with Crippen molar-refractivity contribution in [2.75, 3.05) is 9.80 Å². The van der Waals surface area contributed by atoms with Crippen molar-refractivity contribution < 1.29 is 30.4 Å². The van der Waals surface area contributed by atoms with Crippen LogP contribution in [0.4, 0.5) is 11.4 Å². The quantitative estimate of drug-likeness (QED) is 0.118. The first-order valence-electron chi connectivity index (χ1n) is 20.5. The van der Waals surface area contributed by atoms with Crippen LogP contribution in [0.3, 0.4) is 0 Å². The van der Waals surface area contributed by atoms with Gasteiger partial charge in [0.05, 0.1) is 11.0 Å². The average molecular weight is 976 g/mol. The molecule has 0 N–H and O–H groups in total. The monoisotopic (exact) mass is 975 g/mol. The molecule has 0 saturated carbocycles. The fourth-order valence-corrected chi connectivity index (χ4v) is 8.19. The molecule has 2 aromatic heterocycles. The molecular weight excluding hydrogens is 930 g/mol. The van der Waals surface area contributed by atoms with E-state index < -0.39 is 0 Å². The molecule has 61 heavy (non-hydrogen) atoms. The normalized spacial score (nSPS) is 13.2. The molecule has 10 rings (SSSR count). The fraction of sp³-hybridized carbons (Fsp3) is 0.148. The maximum absolute atomic E-state index is 6.64. The van der Waals surface area contributed by atoms with Gasteiger partial charge in [-0.05, 0) is 76.2 Å². The van der Waals surface area contributed by atoms with Crippen LogP contribution in [0.2, 0.25) is 0 Å². The summed E-state index contributed by atoms with van der Waals surface area (Å²) in [5, 5.41) is 2.19. The zero-order valence-electron chi connectivity index (χ0n) is 35.1. The minimum absolute atomic E-state index is 0. The van der Waals surface area contributed by atoms with E-state index in [2.05, 4.69) is 213 Å². The van der Waals surface area contributed by atoms with Gasteiger partial charge in [0.25, 0.3) is 0 Å². The molecule has 0 amide bonds. The molecule has 3 heterocycles. The molecule has 7 aromatic carbocycles. The van der Waals surface area contributed by atoms with Gasteiger partial charge in [-0.3, -0.25) is 4.57 Å². The summed E-state index contributed by atoms with van der Waals surface area (Å²) in [7, 11) is 0. The first-order valence-corrected chi connectivity index (χ1v) is 20.5. The number of hydrogen-bond donors (Lipinski definition) is 0. The van der Waals surface area contributed by atoms with Gasteiger partial charge < -0.3 is 19.1 Å². The second kappa shape index (κ2) is 15.6. The van der Waals surface area contributed by atoms with Gasteiger partial charge in [-0.2, -0.15) is 12.1 Å². The van der Waals surface area contributed by atoms with Crippen molar-refractivity contribution in [2.45, 2.75) is 47.0 Å². The van der Waals surface area contributed by atoms with E-state index in [-0.39, 0.29) is 31.9 Å². The van der Waals surface area contributed by atoms with Crippen molar-refractivity contribution in [1.82, 2.24) is 9.55 Å². The van der Waals surface area contributed by atoms with E-state index in [0.717, 1.165) is 55.8 Å². The molecular formula is C54H46N5OPt+. The predicted molar refractivity (Wildman–Crippen MR) is 245 cm³/mol. The van der Waals surface area contributed by atoms with E-state index >= 15 is 0 Å². The van der Waals surface area contributed by atoms with E-state index in [1.165, 1.54) is 22.4 Å². The Morgan fingerprint density at radius 3 is 2.10 bits per heavy atom. The van der Waals surface area contributed by atoms with Crippen LogP contribution in [-0.2, 0) is 26.5 Å². The second-order valence-corrected chi connectivity index (χ2v) is 17.6. The number of allylic oxidation sites excluding steroid dienone is 1. The van der Waals surface area contributed by atoms with Crippen molar-refractivity contribution >= 4 is 44.2 Å². The topological polar surface area (TPSA) is 38.6 Å². The van der Waals surface area contributed by atoms with Crippen molar-refractivity contribution in [3.05, 3.63) is 194 Å². The number of ether oxygens (including phenoxy) is 1. The van der Waals surface area contributed by atoms with Crippen molar-refractivity contribution in [3.63, 3.8) is 0 Å². The number of anilines is 2. The molecule has 9 aromatic rings. The number of hydrogen-bond acceptors (Lipinski definition) is 3. The summed E-state index contributed by atoms with van der Waals surface area (Å²) in [5.74, 6) is 1.98. The van der Waals surface area contributed by atoms with Gasteiger partial charge in [-0.25, -0.2) is 4.98 Å². The van der Waals surface area contributed by atoms with Crippen LogP contribution < -0.4 is 24.1 Å². The molecule has 302 valence electrons. The SMILES string of the molecule is CC(C)(C)C1=CN(c2[c-]c(Oc3[c-]c4c(cc3)c3ccccc3n4-c3[n-]c4ccccc4[n+]3-c3ccccc3)ccc2)[CH-]N1c1cc(-c2ccccc2)cc(C(C)(C)C)c1.[Pt+4]. The Kier molecular flexibility index (Phi) is 10.2. The molecule has 0 bridgehead atoms. The van der Waals surface area contributed by atoms with Gasteiger partial charge in [0.2, 0.25) is 5.95 Å². The third kappa shape index (κ3) is 7.44. The van der Waals surface area contributed by atoms with E-state index in [9.17, 15) is 0 Å². The van der Waals surface area contributed by atoms with E-state index in [0.29, 0.717) is 11.5 Å². The molecule has 1 aliphatic heterocycles. The molecule has 0 unspecified atom stereocenters. The van der Waals surface area contributed by atoms with Crippen LogP contribution >= 0.6 is 0 Å². The minimum Gasteiger partial charge on any atom is -0.509 e. The Morgan fingerprint density at radius 1 is 0.623 bits per heavy atom. The van der Waals surface area contributed by atoms with E-state index in [1.807, 2.05) is 30.3 Å².